The Balaban J connectivity index is 0.00000583. The van der Waals surface area contributed by atoms with E-state index < -0.39 is 80.7 Å². The van der Waals surface area contributed by atoms with E-state index in [4.69, 9.17) is 0 Å². The van der Waals surface area contributed by atoms with Gasteiger partial charge < -0.3 is 45.7 Å². The van der Waals surface area contributed by atoms with Gasteiger partial charge in [-0.15, -0.1) is 11.8 Å². The summed E-state index contributed by atoms with van der Waals surface area (Å²) in [6.07, 6.45) is 0. The number of carboxylic acid groups (broad SMARTS) is 1. The maximum absolute atomic E-state index is 13.6. The van der Waals surface area contributed by atoms with Crippen LogP contribution in [0.4, 0.5) is 0 Å². The van der Waals surface area contributed by atoms with E-state index in [9.17, 15) is 52.8 Å². The van der Waals surface area contributed by atoms with Crippen LogP contribution in [-0.4, -0.2) is 110 Å². The number of β-lactam (4-membered cyclic amide) rings is 1. The molecule has 1 aromatic heterocycles. The predicted molar refractivity (Wildman–Crippen MR) is 177 cm³/mol. The summed E-state index contributed by atoms with van der Waals surface area (Å²) in [6, 6.07) is 9.66. The summed E-state index contributed by atoms with van der Waals surface area (Å²) in [5, 5.41) is 44.4. The number of carboxylic acids is 1. The van der Waals surface area contributed by atoms with Gasteiger partial charge in [0.05, 0.1) is 30.1 Å². The van der Waals surface area contributed by atoms with Gasteiger partial charge in [-0.25, -0.2) is 8.42 Å². The molecular weight excluding hydrogens is 718 g/mol. The molecule has 16 nitrogen and oxygen atoms in total. The van der Waals surface area contributed by atoms with E-state index >= 15 is 0 Å². The first-order valence-electron chi connectivity index (χ1n) is 15.3. The molecular formula is C32H34N5NaO11S2. The molecule has 3 aromatic rings. The molecule has 4 atom stereocenters. The first-order valence-corrected chi connectivity index (χ1v) is 17.6. The summed E-state index contributed by atoms with van der Waals surface area (Å²) >= 11 is 1.19. The number of aromatic hydroxyl groups is 1. The number of thioether (sulfide) groups is 1. The SMILES string of the molecule is CC1(C)S[C@@H]2[C@H](NC(=O)[C@H](NC(=O)c3ccc(-c4ccc(S(=O)(=O)N(CCO)CCO)cc4)[nH]c3=O)c3ccc(O)cc3)C(=O)N2[C@H]1C(=O)[O-].[Na+]. The van der Waals surface area contributed by atoms with Gasteiger partial charge in [0, 0.05) is 23.5 Å². The summed E-state index contributed by atoms with van der Waals surface area (Å²) in [7, 11) is -4.03. The number of pyridine rings is 1. The summed E-state index contributed by atoms with van der Waals surface area (Å²) < 4.78 is 25.9. The number of carbonyl (C=O) groups is 4. The van der Waals surface area contributed by atoms with Gasteiger partial charge in [-0.05, 0) is 61.4 Å². The van der Waals surface area contributed by atoms with Crippen LogP contribution >= 0.6 is 11.8 Å². The molecule has 0 aliphatic carbocycles. The molecule has 0 saturated carbocycles. The smallest absolute Gasteiger partial charge is 0.548 e. The Labute approximate surface area is 318 Å². The van der Waals surface area contributed by atoms with Crippen LogP contribution in [0.3, 0.4) is 0 Å². The molecule has 3 heterocycles. The molecule has 0 radical (unpaired) electrons. The van der Waals surface area contributed by atoms with Crippen molar-refractivity contribution in [3.63, 3.8) is 0 Å². The van der Waals surface area contributed by atoms with Crippen molar-refractivity contribution in [2.45, 2.75) is 47.0 Å². The van der Waals surface area contributed by atoms with Gasteiger partial charge in [0.1, 0.15) is 28.8 Å². The number of hydrogen-bond donors (Lipinski definition) is 6. The average Bonchev–Trinajstić information content (AvgIpc) is 3.33. The maximum Gasteiger partial charge on any atom is 1.00 e. The van der Waals surface area contributed by atoms with Gasteiger partial charge >= 0.3 is 29.6 Å². The quantitative estimate of drug-likeness (QED) is 0.0715. The number of nitrogens with one attached hydrogen (secondary N) is 3. The molecule has 2 aliphatic rings. The van der Waals surface area contributed by atoms with E-state index in [1.807, 2.05) is 0 Å². The van der Waals surface area contributed by atoms with Crippen LogP contribution in [0.25, 0.3) is 11.3 Å². The van der Waals surface area contributed by atoms with Crippen LogP contribution in [0.15, 0.2) is 70.4 Å². The number of carbonyl (C=O) groups excluding carboxylic acids is 4. The number of rotatable bonds is 13. The summed E-state index contributed by atoms with van der Waals surface area (Å²) in [5.41, 5.74) is -0.349. The number of aliphatic hydroxyl groups excluding tert-OH is 2. The number of aliphatic hydroxyl groups is 2. The summed E-state index contributed by atoms with van der Waals surface area (Å²) in [6.45, 7) is 2.00. The Morgan fingerprint density at radius 1 is 1.00 bits per heavy atom. The minimum Gasteiger partial charge on any atom is -0.548 e. The Hall–Kier alpha value is -3.75. The second-order valence-corrected chi connectivity index (χ2v) is 15.8. The van der Waals surface area contributed by atoms with Crippen LogP contribution in [0.5, 0.6) is 5.75 Å². The third kappa shape index (κ3) is 8.02. The second-order valence-electron chi connectivity index (χ2n) is 12.1. The molecule has 0 bridgehead atoms. The minimum atomic E-state index is -4.03. The second kappa shape index (κ2) is 15.9. The number of H-pyrrole nitrogens is 1. The summed E-state index contributed by atoms with van der Waals surface area (Å²) in [5.74, 6) is -3.94. The monoisotopic (exact) mass is 751 g/mol. The van der Waals surface area contributed by atoms with Crippen LogP contribution in [0.2, 0.25) is 0 Å². The Kier molecular flexibility index (Phi) is 12.5. The predicted octanol–water partition coefficient (Wildman–Crippen LogP) is -4.51. The van der Waals surface area contributed by atoms with E-state index in [0.29, 0.717) is 5.56 Å². The molecule has 266 valence electrons. The van der Waals surface area contributed by atoms with Crippen LogP contribution in [0, 0.1) is 0 Å². The Morgan fingerprint density at radius 2 is 1.61 bits per heavy atom. The van der Waals surface area contributed by atoms with Crippen molar-refractivity contribution < 1.29 is 77.6 Å². The zero-order valence-electron chi connectivity index (χ0n) is 27.7. The van der Waals surface area contributed by atoms with Crippen LogP contribution in [0.1, 0.15) is 35.8 Å². The number of fused-ring (bicyclic) bond motifs is 1. The molecule has 3 amide bonds. The third-order valence-corrected chi connectivity index (χ3v) is 11.9. The molecule has 0 unspecified atom stereocenters. The first-order chi connectivity index (χ1) is 23.6. The number of aromatic nitrogens is 1. The van der Waals surface area contributed by atoms with Crippen LogP contribution in [-0.2, 0) is 24.4 Å². The number of aliphatic carboxylic acids is 1. The molecule has 5 rings (SSSR count). The topological polar surface area (TPSA) is 250 Å². The van der Waals surface area contributed by atoms with Crippen molar-refractivity contribution in [1.29, 1.82) is 0 Å². The number of nitrogens with zero attached hydrogens (tertiary/aromatic N) is 2. The number of hydrogen-bond acceptors (Lipinski definition) is 12. The van der Waals surface area contributed by atoms with Crippen LogP contribution < -0.4 is 50.9 Å². The van der Waals surface area contributed by atoms with Gasteiger partial charge in [0.15, 0.2) is 0 Å². The number of aromatic amines is 1. The molecule has 2 fully saturated rings. The molecule has 0 spiro atoms. The molecule has 2 aliphatic heterocycles. The van der Waals surface area contributed by atoms with Gasteiger partial charge in [-0.2, -0.15) is 4.31 Å². The average molecular weight is 752 g/mol. The van der Waals surface area contributed by atoms with E-state index in [2.05, 4.69) is 15.6 Å². The van der Waals surface area contributed by atoms with Gasteiger partial charge in [0.2, 0.25) is 21.8 Å². The standard InChI is InChI=1S/C32H35N5O11S2.Na/c1-32(2)25(31(45)46)37-29(44)24(30(37)49-32)35-28(43)23(18-3-7-19(40)8-4-18)34-27(42)21-11-12-22(33-26(21)41)17-5-9-20(10-6-17)50(47,48)36(13-15-38)14-16-39;/h3-12,23-25,30,38-40H,13-16H2,1-2H3,(H,33,41)(H,34,42)(H,35,43)(H,45,46);/q;+1/p-1/t23-,24-,25+,30-;/m1./s1. The van der Waals surface area contributed by atoms with Crippen molar-refractivity contribution >= 4 is 45.5 Å². The minimum absolute atomic E-state index is 0. The van der Waals surface area contributed by atoms with Gasteiger partial charge in [-0.3, -0.25) is 19.2 Å². The van der Waals surface area contributed by atoms with Crippen molar-refractivity contribution in [3.05, 3.63) is 82.1 Å². The summed E-state index contributed by atoms with van der Waals surface area (Å²) in [4.78, 5) is 68.4. The first kappa shape index (κ1) is 40.0. The molecule has 19 heteroatoms. The maximum atomic E-state index is 13.6. The molecule has 2 aromatic carbocycles. The Morgan fingerprint density at radius 3 is 2.16 bits per heavy atom. The molecule has 6 N–H and O–H groups in total. The number of phenols is 1. The number of sulfonamides is 1. The van der Waals surface area contributed by atoms with Gasteiger partial charge in [0.25, 0.3) is 11.5 Å². The van der Waals surface area contributed by atoms with Crippen molar-refractivity contribution in [3.8, 4) is 17.0 Å². The fraction of sp³-hybridized carbons (Fsp3) is 0.344. The molecule has 2 saturated heterocycles. The van der Waals surface area contributed by atoms with E-state index in [1.54, 1.807) is 13.8 Å². The van der Waals surface area contributed by atoms with Gasteiger partial charge in [-0.1, -0.05) is 24.3 Å². The largest absolute Gasteiger partial charge is 1.00 e. The Bertz CT molecular complexity index is 1970. The van der Waals surface area contributed by atoms with Crippen molar-refractivity contribution in [2.75, 3.05) is 26.3 Å². The van der Waals surface area contributed by atoms with Crippen molar-refractivity contribution in [1.82, 2.24) is 24.8 Å². The number of benzene rings is 2. The van der Waals surface area contributed by atoms with Crippen molar-refractivity contribution in [2.24, 2.45) is 0 Å². The zero-order valence-corrected chi connectivity index (χ0v) is 31.4. The number of amides is 3. The zero-order chi connectivity index (χ0) is 36.5. The normalized spacial score (nSPS) is 19.7. The fourth-order valence-corrected chi connectivity index (χ4v) is 8.93. The van der Waals surface area contributed by atoms with E-state index in [-0.39, 0.29) is 70.1 Å². The van der Waals surface area contributed by atoms with E-state index in [0.717, 1.165) is 9.21 Å². The third-order valence-electron chi connectivity index (χ3n) is 8.38. The molecule has 51 heavy (non-hydrogen) atoms. The number of phenolic OH excluding ortho intramolecular Hbond substituents is 1. The van der Waals surface area contributed by atoms with E-state index in [1.165, 1.54) is 72.4 Å². The fourth-order valence-electron chi connectivity index (χ4n) is 5.89.